The van der Waals surface area contributed by atoms with E-state index in [1.165, 1.54) is 5.56 Å². The number of benzene rings is 1. The van der Waals surface area contributed by atoms with Gasteiger partial charge in [0.15, 0.2) is 0 Å². The maximum absolute atomic E-state index is 12.5. The van der Waals surface area contributed by atoms with Crippen LogP contribution in [0.1, 0.15) is 23.0 Å². The molecule has 3 aromatic rings. The zero-order valence-electron chi connectivity index (χ0n) is 12.5. The number of halogens is 1. The minimum Gasteiger partial charge on any atom is -0.461 e. The Labute approximate surface area is 137 Å². The summed E-state index contributed by atoms with van der Waals surface area (Å²) in [5.74, 6) is -0.315. The average Bonchev–Trinajstić information content (AvgIpc) is 2.82. The lowest BCUT2D eigenvalue weighted by atomic mass is 10.0. The van der Waals surface area contributed by atoms with E-state index in [4.69, 9.17) is 4.74 Å². The van der Waals surface area contributed by atoms with Crippen LogP contribution in [0.5, 0.6) is 0 Å². The summed E-state index contributed by atoms with van der Waals surface area (Å²) in [7, 11) is 0. The normalized spacial score (nSPS) is 10.9. The summed E-state index contributed by atoms with van der Waals surface area (Å²) in [5, 5.41) is 0. The second-order valence-electron chi connectivity index (χ2n) is 5.08. The number of carbonyl (C=O) groups excluding carboxylic acids is 1. The minimum absolute atomic E-state index is 0.315. The highest BCUT2D eigenvalue weighted by Crippen LogP contribution is 2.37. The summed E-state index contributed by atoms with van der Waals surface area (Å²) < 4.78 is 8.03. The first-order valence-corrected chi connectivity index (χ1v) is 7.95. The van der Waals surface area contributed by atoms with Crippen LogP contribution in [0.3, 0.4) is 0 Å². The lowest BCUT2D eigenvalue weighted by Crippen LogP contribution is -2.09. The number of fused-ring (bicyclic) bond motifs is 1. The average molecular weight is 358 g/mol. The van der Waals surface area contributed by atoms with Gasteiger partial charge in [0, 0.05) is 11.8 Å². The van der Waals surface area contributed by atoms with Crippen molar-refractivity contribution in [1.82, 2.24) is 4.40 Å². The highest BCUT2D eigenvalue weighted by Gasteiger charge is 2.23. The molecule has 0 spiro atoms. The Morgan fingerprint density at radius 1 is 1.18 bits per heavy atom. The van der Waals surface area contributed by atoms with E-state index in [0.717, 1.165) is 21.1 Å². The summed E-state index contributed by atoms with van der Waals surface area (Å²) >= 11 is 3.65. The second kappa shape index (κ2) is 5.97. The number of aromatic nitrogens is 1. The predicted octanol–water partition coefficient (Wildman–Crippen LogP) is 4.85. The first kappa shape index (κ1) is 14.9. The van der Waals surface area contributed by atoms with Crippen LogP contribution in [0.15, 0.2) is 53.1 Å². The molecule has 1 aromatic carbocycles. The summed E-state index contributed by atoms with van der Waals surface area (Å²) in [4.78, 5) is 12.5. The third-order valence-electron chi connectivity index (χ3n) is 3.59. The summed E-state index contributed by atoms with van der Waals surface area (Å²) in [6.07, 6.45) is 1.88. The Morgan fingerprint density at radius 3 is 2.59 bits per heavy atom. The van der Waals surface area contributed by atoms with Crippen molar-refractivity contribution in [3.63, 3.8) is 0 Å². The Kier molecular flexibility index (Phi) is 4.03. The number of ether oxygens (including phenoxy) is 1. The Bertz CT molecular complexity index is 834. The summed E-state index contributed by atoms with van der Waals surface area (Å²) in [5.41, 5.74) is 4.53. The molecule has 0 atom stereocenters. The molecule has 4 heteroatoms. The fraction of sp³-hybridized carbons (Fsp3) is 0.167. The number of nitrogens with zero attached hydrogens (tertiary/aromatic N) is 1. The molecule has 0 amide bonds. The first-order chi connectivity index (χ1) is 10.6. The van der Waals surface area contributed by atoms with Crippen LogP contribution in [0.4, 0.5) is 0 Å². The maximum atomic E-state index is 12.5. The van der Waals surface area contributed by atoms with E-state index < -0.39 is 0 Å². The largest absolute Gasteiger partial charge is 0.461 e. The van der Waals surface area contributed by atoms with E-state index in [-0.39, 0.29) is 5.97 Å². The van der Waals surface area contributed by atoms with E-state index in [9.17, 15) is 4.79 Å². The molecule has 22 heavy (non-hydrogen) atoms. The summed E-state index contributed by atoms with van der Waals surface area (Å²) in [6.45, 7) is 4.21. The standard InChI is InChI=1S/C18H16BrNO2/c1-3-22-18(21)17-15(13-9-7-12(2)8-10-13)16(19)14-6-4-5-11-20(14)17/h4-11H,3H2,1-2H3. The molecular formula is C18H16BrNO2. The third-order valence-corrected chi connectivity index (χ3v) is 4.39. The van der Waals surface area contributed by atoms with Crippen LogP contribution in [-0.4, -0.2) is 17.0 Å². The molecule has 0 aliphatic rings. The third kappa shape index (κ3) is 2.44. The van der Waals surface area contributed by atoms with Crippen molar-refractivity contribution < 1.29 is 9.53 Å². The molecule has 2 heterocycles. The molecule has 3 rings (SSSR count). The molecule has 112 valence electrons. The molecule has 0 unspecified atom stereocenters. The van der Waals surface area contributed by atoms with Crippen molar-refractivity contribution in [3.8, 4) is 11.1 Å². The Morgan fingerprint density at radius 2 is 1.91 bits per heavy atom. The predicted molar refractivity (Wildman–Crippen MR) is 91.2 cm³/mol. The lowest BCUT2D eigenvalue weighted by molar-refractivity contribution is 0.0519. The Hall–Kier alpha value is -2.07. The SMILES string of the molecule is CCOC(=O)c1c(-c2ccc(C)cc2)c(Br)c2ccccn12. The zero-order chi connectivity index (χ0) is 15.7. The van der Waals surface area contributed by atoms with Gasteiger partial charge in [-0.25, -0.2) is 4.79 Å². The molecule has 0 fully saturated rings. The van der Waals surface area contributed by atoms with Gasteiger partial charge in [-0.2, -0.15) is 0 Å². The van der Waals surface area contributed by atoms with Gasteiger partial charge in [0.2, 0.25) is 0 Å². The molecule has 0 aliphatic carbocycles. The van der Waals surface area contributed by atoms with Crippen molar-refractivity contribution in [2.45, 2.75) is 13.8 Å². The highest BCUT2D eigenvalue weighted by atomic mass is 79.9. The van der Waals surface area contributed by atoms with Crippen LogP contribution in [0, 0.1) is 6.92 Å². The van der Waals surface area contributed by atoms with Gasteiger partial charge < -0.3 is 9.14 Å². The number of aryl methyl sites for hydroxylation is 1. The number of carbonyl (C=O) groups is 1. The van der Waals surface area contributed by atoms with Crippen LogP contribution in [0.2, 0.25) is 0 Å². The van der Waals surface area contributed by atoms with Crippen molar-refractivity contribution in [3.05, 3.63) is 64.4 Å². The van der Waals surface area contributed by atoms with Crippen molar-refractivity contribution >= 4 is 27.4 Å². The smallest absolute Gasteiger partial charge is 0.355 e. The summed E-state index contributed by atoms with van der Waals surface area (Å²) in [6, 6.07) is 14.0. The molecule has 0 saturated heterocycles. The van der Waals surface area contributed by atoms with Crippen LogP contribution in [0.25, 0.3) is 16.6 Å². The first-order valence-electron chi connectivity index (χ1n) is 7.16. The van der Waals surface area contributed by atoms with E-state index in [1.807, 2.05) is 66.9 Å². The number of hydrogen-bond acceptors (Lipinski definition) is 2. The second-order valence-corrected chi connectivity index (χ2v) is 5.87. The minimum atomic E-state index is -0.315. The number of hydrogen-bond donors (Lipinski definition) is 0. The molecule has 0 aliphatic heterocycles. The highest BCUT2D eigenvalue weighted by molar-refractivity contribution is 9.10. The van der Waals surface area contributed by atoms with E-state index in [2.05, 4.69) is 15.9 Å². The van der Waals surface area contributed by atoms with Gasteiger partial charge in [0.1, 0.15) is 5.69 Å². The van der Waals surface area contributed by atoms with Gasteiger partial charge >= 0.3 is 5.97 Å². The van der Waals surface area contributed by atoms with E-state index >= 15 is 0 Å². The van der Waals surface area contributed by atoms with Gasteiger partial charge in [-0.3, -0.25) is 0 Å². The molecule has 3 nitrogen and oxygen atoms in total. The number of esters is 1. The van der Waals surface area contributed by atoms with Gasteiger partial charge in [0.05, 0.1) is 16.6 Å². The Balaban J connectivity index is 2.32. The van der Waals surface area contributed by atoms with Crippen LogP contribution in [-0.2, 0) is 4.74 Å². The van der Waals surface area contributed by atoms with E-state index in [0.29, 0.717) is 12.3 Å². The quantitative estimate of drug-likeness (QED) is 0.627. The van der Waals surface area contributed by atoms with Crippen LogP contribution < -0.4 is 0 Å². The van der Waals surface area contributed by atoms with Gasteiger partial charge in [-0.1, -0.05) is 35.9 Å². The zero-order valence-corrected chi connectivity index (χ0v) is 14.1. The van der Waals surface area contributed by atoms with Crippen molar-refractivity contribution in [2.24, 2.45) is 0 Å². The maximum Gasteiger partial charge on any atom is 0.355 e. The molecule has 0 radical (unpaired) electrons. The molecule has 0 saturated carbocycles. The fourth-order valence-corrected chi connectivity index (χ4v) is 3.29. The lowest BCUT2D eigenvalue weighted by Gasteiger charge is -2.07. The molecule has 0 N–H and O–H groups in total. The van der Waals surface area contributed by atoms with Crippen molar-refractivity contribution in [2.75, 3.05) is 6.61 Å². The van der Waals surface area contributed by atoms with Gasteiger partial charge in [-0.05, 0) is 47.5 Å². The molecule has 2 aromatic heterocycles. The number of pyridine rings is 1. The monoisotopic (exact) mass is 357 g/mol. The molecular weight excluding hydrogens is 342 g/mol. The fourth-order valence-electron chi connectivity index (χ4n) is 2.55. The topological polar surface area (TPSA) is 30.7 Å². The number of rotatable bonds is 3. The van der Waals surface area contributed by atoms with Crippen molar-refractivity contribution in [1.29, 1.82) is 0 Å². The van der Waals surface area contributed by atoms with Gasteiger partial charge in [0.25, 0.3) is 0 Å². The van der Waals surface area contributed by atoms with E-state index in [1.54, 1.807) is 0 Å². The van der Waals surface area contributed by atoms with Gasteiger partial charge in [-0.15, -0.1) is 0 Å². The van der Waals surface area contributed by atoms with Crippen LogP contribution >= 0.6 is 15.9 Å². The molecule has 0 bridgehead atoms.